The van der Waals surface area contributed by atoms with Gasteiger partial charge < -0.3 is 10.6 Å². The first-order valence-corrected chi connectivity index (χ1v) is 8.46. The molecule has 3 rings (SSSR count). The third-order valence-corrected chi connectivity index (χ3v) is 5.08. The van der Waals surface area contributed by atoms with Gasteiger partial charge in [-0.05, 0) is 44.4 Å². The van der Waals surface area contributed by atoms with Crippen molar-refractivity contribution in [1.29, 1.82) is 5.41 Å². The standard InChI is InChI=1S/C18H28N4/c1-13-8-9-16-15(10-13)11-21(2)12-17(19)22(16)18(20)14-6-4-3-5-7-14/h8-10,14,18-19H,3-7,11-12,20H2,1-2H3. The second kappa shape index (κ2) is 6.39. The molecule has 1 fully saturated rings. The number of rotatable bonds is 2. The van der Waals surface area contributed by atoms with Crippen molar-refractivity contribution < 1.29 is 0 Å². The van der Waals surface area contributed by atoms with Crippen molar-refractivity contribution in [2.75, 3.05) is 18.5 Å². The van der Waals surface area contributed by atoms with Crippen LogP contribution in [0.4, 0.5) is 5.69 Å². The lowest BCUT2D eigenvalue weighted by Gasteiger charge is -2.38. The van der Waals surface area contributed by atoms with Gasteiger partial charge in [0.2, 0.25) is 0 Å². The lowest BCUT2D eigenvalue weighted by atomic mass is 9.86. The Kier molecular flexibility index (Phi) is 4.50. The monoisotopic (exact) mass is 300 g/mol. The summed E-state index contributed by atoms with van der Waals surface area (Å²) in [5.41, 5.74) is 10.3. The minimum Gasteiger partial charge on any atom is -0.313 e. The number of aryl methyl sites for hydroxylation is 1. The maximum atomic E-state index is 8.55. The quantitative estimate of drug-likeness (QED) is 0.882. The highest BCUT2D eigenvalue weighted by molar-refractivity contribution is 5.98. The van der Waals surface area contributed by atoms with E-state index in [1.165, 1.54) is 43.2 Å². The molecule has 120 valence electrons. The Bertz CT molecular complexity index is 548. The molecule has 22 heavy (non-hydrogen) atoms. The molecule has 0 saturated heterocycles. The predicted octanol–water partition coefficient (Wildman–Crippen LogP) is 3.09. The van der Waals surface area contributed by atoms with Crippen LogP contribution in [0.2, 0.25) is 0 Å². The molecule has 1 aliphatic heterocycles. The molecule has 0 radical (unpaired) electrons. The minimum atomic E-state index is -0.0687. The van der Waals surface area contributed by atoms with Gasteiger partial charge in [0.25, 0.3) is 0 Å². The van der Waals surface area contributed by atoms with Crippen LogP contribution in [0.25, 0.3) is 0 Å². The first kappa shape index (κ1) is 15.5. The smallest absolute Gasteiger partial charge is 0.116 e. The van der Waals surface area contributed by atoms with Gasteiger partial charge in [0.1, 0.15) is 5.84 Å². The number of amidine groups is 1. The molecule has 3 N–H and O–H groups in total. The fourth-order valence-electron chi connectivity index (χ4n) is 3.93. The first-order chi connectivity index (χ1) is 10.6. The number of likely N-dealkylation sites (N-methyl/N-ethyl adjacent to an activating group) is 1. The summed E-state index contributed by atoms with van der Waals surface area (Å²) in [6.45, 7) is 3.67. The van der Waals surface area contributed by atoms with E-state index in [9.17, 15) is 0 Å². The number of nitrogens with zero attached hydrogens (tertiary/aromatic N) is 2. The van der Waals surface area contributed by atoms with Crippen molar-refractivity contribution in [3.05, 3.63) is 29.3 Å². The average molecular weight is 300 g/mol. The van der Waals surface area contributed by atoms with E-state index in [1.807, 2.05) is 0 Å². The van der Waals surface area contributed by atoms with Crippen LogP contribution in [0.1, 0.15) is 43.2 Å². The summed E-state index contributed by atoms with van der Waals surface area (Å²) >= 11 is 0. The molecule has 0 bridgehead atoms. The Hall–Kier alpha value is -1.39. The van der Waals surface area contributed by atoms with Crippen LogP contribution in [0.15, 0.2) is 18.2 Å². The zero-order valence-electron chi connectivity index (χ0n) is 13.8. The van der Waals surface area contributed by atoms with Crippen LogP contribution >= 0.6 is 0 Å². The summed E-state index contributed by atoms with van der Waals surface area (Å²) in [6.07, 6.45) is 6.21. The van der Waals surface area contributed by atoms with Crippen molar-refractivity contribution in [2.45, 2.75) is 51.7 Å². The highest BCUT2D eigenvalue weighted by Gasteiger charge is 2.31. The van der Waals surface area contributed by atoms with Gasteiger partial charge in [0.05, 0.1) is 12.7 Å². The van der Waals surface area contributed by atoms with Gasteiger partial charge in [0.15, 0.2) is 0 Å². The average Bonchev–Trinajstić information content (AvgIpc) is 2.61. The van der Waals surface area contributed by atoms with Crippen molar-refractivity contribution in [3.8, 4) is 0 Å². The van der Waals surface area contributed by atoms with E-state index in [2.05, 4.69) is 42.0 Å². The number of anilines is 1. The molecule has 2 aliphatic rings. The molecule has 0 aromatic heterocycles. The number of hydrogen-bond donors (Lipinski definition) is 2. The third-order valence-electron chi connectivity index (χ3n) is 5.08. The summed E-state index contributed by atoms with van der Waals surface area (Å²) in [5, 5.41) is 8.55. The number of hydrogen-bond acceptors (Lipinski definition) is 3. The summed E-state index contributed by atoms with van der Waals surface area (Å²) in [7, 11) is 2.08. The molecule has 1 aliphatic carbocycles. The van der Waals surface area contributed by atoms with Crippen LogP contribution in [-0.2, 0) is 6.54 Å². The van der Waals surface area contributed by atoms with Gasteiger partial charge in [-0.25, -0.2) is 0 Å². The van der Waals surface area contributed by atoms with Gasteiger partial charge in [-0.15, -0.1) is 0 Å². The zero-order chi connectivity index (χ0) is 15.7. The topological polar surface area (TPSA) is 56.4 Å². The maximum absolute atomic E-state index is 8.55. The molecular formula is C18H28N4. The Morgan fingerprint density at radius 1 is 1.18 bits per heavy atom. The number of fused-ring (bicyclic) bond motifs is 1. The fraction of sp³-hybridized carbons (Fsp3) is 0.611. The van der Waals surface area contributed by atoms with Crippen LogP contribution in [0.5, 0.6) is 0 Å². The Balaban J connectivity index is 1.95. The first-order valence-electron chi connectivity index (χ1n) is 8.46. The second-order valence-corrected chi connectivity index (χ2v) is 7.01. The minimum absolute atomic E-state index is 0.0687. The SMILES string of the molecule is Cc1ccc2c(c1)CN(C)CC(=N)N2C(N)C1CCCCC1. The molecule has 0 amide bonds. The Labute approximate surface area is 133 Å². The second-order valence-electron chi connectivity index (χ2n) is 7.01. The highest BCUT2D eigenvalue weighted by Crippen LogP contribution is 2.33. The van der Waals surface area contributed by atoms with E-state index in [-0.39, 0.29) is 6.17 Å². The van der Waals surface area contributed by atoms with E-state index in [1.54, 1.807) is 0 Å². The van der Waals surface area contributed by atoms with Crippen molar-refractivity contribution in [3.63, 3.8) is 0 Å². The predicted molar refractivity (Wildman–Crippen MR) is 92.3 cm³/mol. The lowest BCUT2D eigenvalue weighted by molar-refractivity contribution is 0.308. The van der Waals surface area contributed by atoms with Crippen molar-refractivity contribution in [1.82, 2.24) is 4.90 Å². The molecule has 1 aromatic rings. The van der Waals surface area contributed by atoms with Crippen LogP contribution in [0.3, 0.4) is 0 Å². The molecular weight excluding hydrogens is 272 g/mol. The summed E-state index contributed by atoms with van der Waals surface area (Å²) in [6, 6.07) is 6.53. The number of benzene rings is 1. The van der Waals surface area contributed by atoms with Gasteiger partial charge in [-0.3, -0.25) is 10.3 Å². The summed E-state index contributed by atoms with van der Waals surface area (Å²) < 4.78 is 0. The summed E-state index contributed by atoms with van der Waals surface area (Å²) in [5.74, 6) is 1.13. The maximum Gasteiger partial charge on any atom is 0.116 e. The van der Waals surface area contributed by atoms with Crippen LogP contribution in [0, 0.1) is 18.3 Å². The molecule has 0 spiro atoms. The van der Waals surface area contributed by atoms with Crippen molar-refractivity contribution in [2.24, 2.45) is 11.7 Å². The number of nitrogens with two attached hydrogens (primary N) is 1. The van der Waals surface area contributed by atoms with Crippen LogP contribution in [-0.4, -0.2) is 30.5 Å². The normalized spacial score (nSPS) is 22.3. The van der Waals surface area contributed by atoms with Gasteiger partial charge >= 0.3 is 0 Å². The largest absolute Gasteiger partial charge is 0.313 e. The van der Waals surface area contributed by atoms with E-state index < -0.39 is 0 Å². The highest BCUT2D eigenvalue weighted by atomic mass is 15.3. The molecule has 4 heteroatoms. The van der Waals surface area contributed by atoms with E-state index in [0.29, 0.717) is 18.3 Å². The van der Waals surface area contributed by atoms with E-state index in [0.717, 1.165) is 12.2 Å². The third kappa shape index (κ3) is 3.03. The molecule has 1 unspecified atom stereocenters. The number of nitrogens with one attached hydrogen (secondary N) is 1. The Morgan fingerprint density at radius 2 is 1.91 bits per heavy atom. The van der Waals surface area contributed by atoms with Crippen LogP contribution < -0.4 is 10.6 Å². The summed E-state index contributed by atoms with van der Waals surface area (Å²) in [4.78, 5) is 4.31. The van der Waals surface area contributed by atoms with E-state index >= 15 is 0 Å². The van der Waals surface area contributed by atoms with Gasteiger partial charge in [0, 0.05) is 12.2 Å². The fourth-order valence-corrected chi connectivity index (χ4v) is 3.93. The molecule has 1 aromatic carbocycles. The molecule has 4 nitrogen and oxygen atoms in total. The lowest BCUT2D eigenvalue weighted by Crippen LogP contribution is -2.52. The molecule has 1 heterocycles. The van der Waals surface area contributed by atoms with E-state index in [4.69, 9.17) is 11.1 Å². The van der Waals surface area contributed by atoms with Crippen molar-refractivity contribution >= 4 is 11.5 Å². The zero-order valence-corrected chi connectivity index (χ0v) is 13.8. The molecule has 1 atom stereocenters. The van der Waals surface area contributed by atoms with Gasteiger partial charge in [-0.2, -0.15) is 0 Å². The van der Waals surface area contributed by atoms with Gasteiger partial charge in [-0.1, -0.05) is 37.0 Å². The molecule has 1 saturated carbocycles. The Morgan fingerprint density at radius 3 is 2.64 bits per heavy atom.